The summed E-state index contributed by atoms with van der Waals surface area (Å²) >= 11 is 6.14. The van der Waals surface area contributed by atoms with Gasteiger partial charge in [-0.05, 0) is 25.0 Å². The van der Waals surface area contributed by atoms with E-state index in [9.17, 15) is 18.8 Å². The number of aromatic nitrogens is 3. The minimum Gasteiger partial charge on any atom is -0.396 e. The van der Waals surface area contributed by atoms with Crippen molar-refractivity contribution in [2.24, 2.45) is 5.41 Å². The Labute approximate surface area is 160 Å². The lowest BCUT2D eigenvalue weighted by Gasteiger charge is -2.11. The summed E-state index contributed by atoms with van der Waals surface area (Å²) in [5.74, 6) is 0. The minimum atomic E-state index is -3.88. The van der Waals surface area contributed by atoms with Crippen LogP contribution in [0.15, 0.2) is 35.6 Å². The average molecular weight is 406 g/mol. The molecular formula is C17H16ClN5O3S. The van der Waals surface area contributed by atoms with Crippen molar-refractivity contribution in [2.45, 2.75) is 24.3 Å². The van der Waals surface area contributed by atoms with Crippen molar-refractivity contribution in [3.63, 3.8) is 0 Å². The first kappa shape index (κ1) is 17.9. The van der Waals surface area contributed by atoms with Gasteiger partial charge in [0.1, 0.15) is 11.0 Å². The number of hydrogen-bond acceptors (Lipinski definition) is 5. The molecule has 3 N–H and O–H groups in total. The molecule has 0 bridgehead atoms. The summed E-state index contributed by atoms with van der Waals surface area (Å²) in [5.41, 5.74) is 0.883. The van der Waals surface area contributed by atoms with Gasteiger partial charge in [-0.25, -0.2) is 8.42 Å². The molecule has 1 fully saturated rings. The zero-order chi connectivity index (χ0) is 19.2. The Balaban J connectivity index is 1.64. The highest BCUT2D eigenvalue weighted by atomic mass is 35.5. The fraction of sp³-hybridized carbons (Fsp3) is 0.294. The molecule has 0 spiro atoms. The lowest BCUT2D eigenvalue weighted by molar-refractivity contribution is 0.190. The van der Waals surface area contributed by atoms with Gasteiger partial charge in [0.05, 0.1) is 34.6 Å². The van der Waals surface area contributed by atoms with Crippen molar-refractivity contribution in [1.29, 1.82) is 5.26 Å². The van der Waals surface area contributed by atoms with Crippen LogP contribution in [0.4, 0.5) is 5.69 Å². The van der Waals surface area contributed by atoms with E-state index in [1.165, 1.54) is 35.4 Å². The normalized spacial score (nSPS) is 15.6. The van der Waals surface area contributed by atoms with Gasteiger partial charge in [-0.3, -0.25) is 9.40 Å². The lowest BCUT2D eigenvalue weighted by Crippen LogP contribution is -2.16. The summed E-state index contributed by atoms with van der Waals surface area (Å²) in [7, 11) is -3.88. The monoisotopic (exact) mass is 405 g/mol. The smallest absolute Gasteiger partial charge is 0.265 e. The first-order valence-corrected chi connectivity index (χ1v) is 10.1. The number of aromatic amines is 1. The zero-order valence-electron chi connectivity index (χ0n) is 14.1. The van der Waals surface area contributed by atoms with E-state index >= 15 is 0 Å². The average Bonchev–Trinajstić information content (AvgIpc) is 3.06. The van der Waals surface area contributed by atoms with Gasteiger partial charge in [-0.2, -0.15) is 10.4 Å². The van der Waals surface area contributed by atoms with Crippen molar-refractivity contribution in [3.8, 4) is 6.07 Å². The summed E-state index contributed by atoms with van der Waals surface area (Å²) in [6, 6.07) is 5.10. The topological polar surface area (TPSA) is 124 Å². The summed E-state index contributed by atoms with van der Waals surface area (Å²) in [6.45, 7) is 0.538. The van der Waals surface area contributed by atoms with Gasteiger partial charge in [0.25, 0.3) is 10.0 Å². The first-order chi connectivity index (χ1) is 12.9. The van der Waals surface area contributed by atoms with Crippen LogP contribution in [-0.4, -0.2) is 34.9 Å². The highest BCUT2D eigenvalue weighted by Gasteiger charge is 2.42. The second-order valence-corrected chi connectivity index (χ2v) is 8.89. The summed E-state index contributed by atoms with van der Waals surface area (Å²) in [5, 5.41) is 23.5. The molecule has 140 valence electrons. The Morgan fingerprint density at radius 3 is 2.89 bits per heavy atom. The predicted molar refractivity (Wildman–Crippen MR) is 99.8 cm³/mol. The second kappa shape index (κ2) is 6.27. The van der Waals surface area contributed by atoms with Crippen LogP contribution in [-0.2, 0) is 16.6 Å². The second-order valence-electron chi connectivity index (χ2n) is 6.80. The maximum Gasteiger partial charge on any atom is 0.265 e. The molecule has 2 heterocycles. The van der Waals surface area contributed by atoms with E-state index in [4.69, 9.17) is 11.6 Å². The van der Waals surface area contributed by atoms with Crippen LogP contribution in [0.3, 0.4) is 0 Å². The van der Waals surface area contributed by atoms with Crippen molar-refractivity contribution < 1.29 is 13.5 Å². The van der Waals surface area contributed by atoms with Crippen LogP contribution >= 0.6 is 11.6 Å². The van der Waals surface area contributed by atoms with Gasteiger partial charge in [0, 0.05) is 29.7 Å². The number of anilines is 1. The number of nitrogens with zero attached hydrogens (tertiary/aromatic N) is 3. The van der Waals surface area contributed by atoms with Crippen LogP contribution in [0.1, 0.15) is 18.4 Å². The highest BCUT2D eigenvalue weighted by molar-refractivity contribution is 7.92. The lowest BCUT2D eigenvalue weighted by atomic mass is 10.1. The maximum absolute atomic E-state index is 12.7. The summed E-state index contributed by atoms with van der Waals surface area (Å²) < 4.78 is 29.5. The molecule has 8 nitrogen and oxygen atoms in total. The third kappa shape index (κ3) is 3.16. The molecule has 0 amide bonds. The van der Waals surface area contributed by atoms with Gasteiger partial charge in [-0.1, -0.05) is 11.6 Å². The standard InChI is InChI=1S/C17H16ClN5O3S/c18-13-1-2-14(16-15(13)11(5-19)6-20-16)22-27(25,26)12-7-21-23(8-12)9-17(10-24)3-4-17/h1-2,6-8,20,22,24H,3-4,9-10H2. The van der Waals surface area contributed by atoms with Crippen molar-refractivity contribution in [2.75, 3.05) is 11.3 Å². The Morgan fingerprint density at radius 1 is 1.44 bits per heavy atom. The van der Waals surface area contributed by atoms with Gasteiger partial charge in [-0.15, -0.1) is 0 Å². The molecule has 1 aliphatic carbocycles. The third-order valence-electron chi connectivity index (χ3n) is 4.86. The number of fused-ring (bicyclic) bond motifs is 1. The van der Waals surface area contributed by atoms with Crippen LogP contribution in [0.2, 0.25) is 5.02 Å². The van der Waals surface area contributed by atoms with Gasteiger partial charge in [0.15, 0.2) is 0 Å². The van der Waals surface area contributed by atoms with Gasteiger partial charge < -0.3 is 10.1 Å². The van der Waals surface area contributed by atoms with E-state index in [0.29, 0.717) is 28.0 Å². The number of rotatable bonds is 6. The highest BCUT2D eigenvalue weighted by Crippen LogP contribution is 2.46. The van der Waals surface area contributed by atoms with Crippen molar-refractivity contribution >= 4 is 38.2 Å². The number of nitriles is 1. The van der Waals surface area contributed by atoms with Crippen LogP contribution in [0.25, 0.3) is 10.9 Å². The fourth-order valence-corrected chi connectivity index (χ4v) is 4.32. The van der Waals surface area contributed by atoms with Crippen molar-refractivity contribution in [1.82, 2.24) is 14.8 Å². The van der Waals surface area contributed by atoms with E-state index in [1.807, 2.05) is 6.07 Å². The predicted octanol–water partition coefficient (Wildman–Crippen LogP) is 2.46. The quantitative estimate of drug-likeness (QED) is 0.581. The van der Waals surface area contributed by atoms with Gasteiger partial charge in [0.2, 0.25) is 0 Å². The van der Waals surface area contributed by atoms with E-state index in [2.05, 4.69) is 14.8 Å². The largest absolute Gasteiger partial charge is 0.396 e. The summed E-state index contributed by atoms with van der Waals surface area (Å²) in [4.78, 5) is 2.91. The molecule has 3 aromatic rings. The zero-order valence-corrected chi connectivity index (χ0v) is 15.7. The van der Waals surface area contributed by atoms with E-state index in [1.54, 1.807) is 0 Å². The first-order valence-electron chi connectivity index (χ1n) is 8.23. The maximum atomic E-state index is 12.7. The molecule has 0 atom stereocenters. The SMILES string of the molecule is N#Cc1c[nH]c2c(NS(=O)(=O)c3cnn(CC4(CO)CC4)c3)ccc(Cl)c12. The molecule has 0 aliphatic heterocycles. The molecule has 10 heteroatoms. The molecule has 1 saturated carbocycles. The molecular weight excluding hydrogens is 390 g/mol. The fourth-order valence-electron chi connectivity index (χ4n) is 3.04. The Morgan fingerprint density at radius 2 is 2.22 bits per heavy atom. The number of aliphatic hydroxyl groups excluding tert-OH is 1. The molecule has 0 unspecified atom stereocenters. The molecule has 27 heavy (non-hydrogen) atoms. The number of halogens is 1. The van der Waals surface area contributed by atoms with Crippen molar-refractivity contribution in [3.05, 3.63) is 41.3 Å². The minimum absolute atomic E-state index is 0.0198. The number of sulfonamides is 1. The number of nitrogens with one attached hydrogen (secondary N) is 2. The summed E-state index contributed by atoms with van der Waals surface area (Å²) in [6.07, 6.45) is 6.01. The molecule has 1 aromatic carbocycles. The molecule has 2 aromatic heterocycles. The molecule has 0 radical (unpaired) electrons. The number of benzene rings is 1. The third-order valence-corrected chi connectivity index (χ3v) is 6.49. The molecule has 4 rings (SSSR count). The Kier molecular flexibility index (Phi) is 4.14. The van der Waals surface area contributed by atoms with E-state index in [0.717, 1.165) is 12.8 Å². The molecule has 0 saturated heterocycles. The van der Waals surface area contributed by atoms with Crippen LogP contribution in [0, 0.1) is 16.7 Å². The van der Waals surface area contributed by atoms with E-state index in [-0.39, 0.29) is 22.6 Å². The number of H-pyrrole nitrogens is 1. The Hall–Kier alpha value is -2.54. The van der Waals surface area contributed by atoms with Crippen LogP contribution in [0.5, 0.6) is 0 Å². The van der Waals surface area contributed by atoms with Crippen LogP contribution < -0.4 is 4.72 Å². The Bertz CT molecular complexity index is 1170. The number of hydrogen-bond donors (Lipinski definition) is 3. The number of aliphatic hydroxyl groups is 1. The van der Waals surface area contributed by atoms with E-state index < -0.39 is 10.0 Å². The molecule has 1 aliphatic rings. The van der Waals surface area contributed by atoms with Gasteiger partial charge >= 0.3 is 0 Å².